The number of fused-ring (bicyclic) bond motifs is 2. The lowest BCUT2D eigenvalue weighted by Gasteiger charge is -2.29. The highest BCUT2D eigenvalue weighted by Crippen LogP contribution is 2.39. The van der Waals surface area contributed by atoms with Gasteiger partial charge in [-0.2, -0.15) is 0 Å². The molecule has 0 unspecified atom stereocenters. The van der Waals surface area contributed by atoms with Crippen molar-refractivity contribution >= 4 is 44.1 Å². The minimum absolute atomic E-state index is 0.0394. The molecule has 2 heterocycles. The molecular formula is C19H16BrFN4O2. The SMILES string of the molecule is O=C(CN1CCCc2ccccc21)N=Nc1c(O)[nH]c2c(Br)cc(F)cc12. The second-order valence-corrected chi connectivity index (χ2v) is 7.23. The number of rotatable bonds is 3. The molecule has 4 rings (SSSR count). The van der Waals surface area contributed by atoms with Crippen LogP contribution in [0.15, 0.2) is 51.1 Å². The van der Waals surface area contributed by atoms with Gasteiger partial charge >= 0.3 is 0 Å². The van der Waals surface area contributed by atoms with Gasteiger partial charge in [0.25, 0.3) is 5.91 Å². The summed E-state index contributed by atoms with van der Waals surface area (Å²) in [6.07, 6.45) is 1.96. The number of aromatic nitrogens is 1. The average molecular weight is 431 g/mol. The fraction of sp³-hybridized carbons (Fsp3) is 0.211. The zero-order valence-corrected chi connectivity index (χ0v) is 15.8. The van der Waals surface area contributed by atoms with E-state index in [4.69, 9.17) is 0 Å². The van der Waals surface area contributed by atoms with Gasteiger partial charge in [0.15, 0.2) is 5.69 Å². The van der Waals surface area contributed by atoms with E-state index in [0.29, 0.717) is 15.4 Å². The van der Waals surface area contributed by atoms with Crippen molar-refractivity contribution in [3.8, 4) is 5.88 Å². The van der Waals surface area contributed by atoms with Crippen molar-refractivity contribution in [1.29, 1.82) is 0 Å². The lowest BCUT2D eigenvalue weighted by molar-refractivity contribution is -0.117. The van der Waals surface area contributed by atoms with Gasteiger partial charge in [-0.25, -0.2) is 4.39 Å². The third-order valence-electron chi connectivity index (χ3n) is 4.57. The first-order chi connectivity index (χ1) is 13.0. The zero-order valence-electron chi connectivity index (χ0n) is 14.2. The number of hydrogen-bond donors (Lipinski definition) is 2. The monoisotopic (exact) mass is 430 g/mol. The van der Waals surface area contributed by atoms with Gasteiger partial charge in [-0.1, -0.05) is 18.2 Å². The number of aromatic hydroxyl groups is 1. The Labute approximate surface area is 162 Å². The van der Waals surface area contributed by atoms with Crippen molar-refractivity contribution in [2.45, 2.75) is 12.8 Å². The molecule has 6 nitrogen and oxygen atoms in total. The second-order valence-electron chi connectivity index (χ2n) is 6.38. The van der Waals surface area contributed by atoms with E-state index >= 15 is 0 Å². The first kappa shape index (κ1) is 17.7. The summed E-state index contributed by atoms with van der Waals surface area (Å²) >= 11 is 3.23. The Kier molecular flexibility index (Phi) is 4.65. The van der Waals surface area contributed by atoms with Crippen molar-refractivity contribution < 1.29 is 14.3 Å². The number of H-pyrrole nitrogens is 1. The van der Waals surface area contributed by atoms with Gasteiger partial charge in [0, 0.05) is 22.1 Å². The predicted molar refractivity (Wildman–Crippen MR) is 104 cm³/mol. The first-order valence-electron chi connectivity index (χ1n) is 8.50. The normalized spacial score (nSPS) is 14.1. The van der Waals surface area contributed by atoms with Gasteiger partial charge in [0.2, 0.25) is 5.88 Å². The van der Waals surface area contributed by atoms with Crippen LogP contribution in [0, 0.1) is 5.82 Å². The minimum Gasteiger partial charge on any atom is -0.493 e. The van der Waals surface area contributed by atoms with Gasteiger partial charge in [-0.15, -0.1) is 10.2 Å². The van der Waals surface area contributed by atoms with Crippen molar-refractivity contribution in [2.24, 2.45) is 10.2 Å². The third kappa shape index (κ3) is 3.44. The number of carbonyl (C=O) groups excluding carboxylic acids is 1. The van der Waals surface area contributed by atoms with E-state index in [-0.39, 0.29) is 18.1 Å². The highest BCUT2D eigenvalue weighted by molar-refractivity contribution is 9.10. The molecule has 2 N–H and O–H groups in total. The lowest BCUT2D eigenvalue weighted by Crippen LogP contribution is -2.33. The standard InChI is InChI=1S/C19H16BrFN4O2/c20-14-9-12(21)8-13-17(14)22-19(27)18(13)24-23-16(26)10-25-7-3-5-11-4-1-2-6-15(11)25/h1-2,4,6,8-9,22,27H,3,5,7,10H2. The van der Waals surface area contributed by atoms with E-state index < -0.39 is 11.7 Å². The fourth-order valence-electron chi connectivity index (χ4n) is 3.37. The van der Waals surface area contributed by atoms with Crippen LogP contribution in [0.25, 0.3) is 10.9 Å². The van der Waals surface area contributed by atoms with Crippen LogP contribution in [0.1, 0.15) is 12.0 Å². The van der Waals surface area contributed by atoms with Crippen LogP contribution >= 0.6 is 15.9 Å². The Morgan fingerprint density at radius 1 is 1.33 bits per heavy atom. The summed E-state index contributed by atoms with van der Waals surface area (Å²) in [7, 11) is 0. The maximum atomic E-state index is 13.7. The molecular weight excluding hydrogens is 415 g/mol. The molecule has 8 heteroatoms. The highest BCUT2D eigenvalue weighted by atomic mass is 79.9. The highest BCUT2D eigenvalue weighted by Gasteiger charge is 2.19. The summed E-state index contributed by atoms with van der Waals surface area (Å²) in [5, 5.41) is 18.0. The molecule has 3 aromatic rings. The van der Waals surface area contributed by atoms with E-state index in [1.165, 1.54) is 17.7 Å². The second kappa shape index (κ2) is 7.11. The zero-order chi connectivity index (χ0) is 19.0. The van der Waals surface area contributed by atoms with Gasteiger partial charge < -0.3 is 15.0 Å². The summed E-state index contributed by atoms with van der Waals surface area (Å²) in [6, 6.07) is 10.5. The molecule has 1 aliphatic rings. The molecule has 0 saturated carbocycles. The number of anilines is 1. The molecule has 0 bridgehead atoms. The van der Waals surface area contributed by atoms with Crippen molar-refractivity contribution in [3.63, 3.8) is 0 Å². The minimum atomic E-state index is -0.485. The molecule has 0 atom stereocenters. The van der Waals surface area contributed by atoms with E-state index in [1.807, 2.05) is 23.1 Å². The number of nitrogens with one attached hydrogen (secondary N) is 1. The Morgan fingerprint density at radius 2 is 2.15 bits per heavy atom. The van der Waals surface area contributed by atoms with E-state index in [9.17, 15) is 14.3 Å². The van der Waals surface area contributed by atoms with Crippen molar-refractivity contribution in [2.75, 3.05) is 18.0 Å². The number of carbonyl (C=O) groups is 1. The van der Waals surface area contributed by atoms with Gasteiger partial charge in [0.05, 0.1) is 5.52 Å². The Morgan fingerprint density at radius 3 is 3.00 bits per heavy atom. The summed E-state index contributed by atoms with van der Waals surface area (Å²) in [5.74, 6) is -1.19. The number of nitrogens with zero attached hydrogens (tertiary/aromatic N) is 3. The number of aromatic amines is 1. The van der Waals surface area contributed by atoms with Gasteiger partial charge in [-0.3, -0.25) is 4.79 Å². The number of aryl methyl sites for hydroxylation is 1. The van der Waals surface area contributed by atoms with E-state index in [1.54, 1.807) is 0 Å². The van der Waals surface area contributed by atoms with Crippen molar-refractivity contribution in [3.05, 3.63) is 52.3 Å². The number of amides is 1. The Bertz CT molecular complexity index is 1060. The predicted octanol–water partition coefficient (Wildman–Crippen LogP) is 4.84. The number of benzene rings is 2. The largest absolute Gasteiger partial charge is 0.493 e. The average Bonchev–Trinajstić information content (AvgIpc) is 2.96. The maximum Gasteiger partial charge on any atom is 0.283 e. The van der Waals surface area contributed by atoms with Gasteiger partial charge in [-0.05, 0) is 52.5 Å². The van der Waals surface area contributed by atoms with E-state index in [0.717, 1.165) is 25.1 Å². The quantitative estimate of drug-likeness (QED) is 0.583. The van der Waals surface area contributed by atoms with Crippen LogP contribution in [-0.2, 0) is 11.2 Å². The van der Waals surface area contributed by atoms with Crippen LogP contribution in [0.3, 0.4) is 0 Å². The van der Waals surface area contributed by atoms with Gasteiger partial charge in [0.1, 0.15) is 12.4 Å². The molecule has 138 valence electrons. The summed E-state index contributed by atoms with van der Waals surface area (Å²) in [6.45, 7) is 0.871. The molecule has 0 radical (unpaired) electrons. The topological polar surface area (TPSA) is 81.1 Å². The van der Waals surface area contributed by atoms with Crippen molar-refractivity contribution in [1.82, 2.24) is 4.98 Å². The number of para-hydroxylation sites is 1. The Hall–Kier alpha value is -2.74. The molecule has 2 aromatic carbocycles. The summed E-state index contributed by atoms with van der Waals surface area (Å²) in [4.78, 5) is 17.0. The summed E-state index contributed by atoms with van der Waals surface area (Å²) in [5.41, 5.74) is 2.77. The smallest absolute Gasteiger partial charge is 0.283 e. The van der Waals surface area contributed by atoms with Crippen LogP contribution < -0.4 is 4.90 Å². The van der Waals surface area contributed by atoms with Crippen LogP contribution in [0.2, 0.25) is 0 Å². The summed E-state index contributed by atoms with van der Waals surface area (Å²) < 4.78 is 14.1. The van der Waals surface area contributed by atoms with Crippen LogP contribution in [-0.4, -0.2) is 29.1 Å². The lowest BCUT2D eigenvalue weighted by atomic mass is 10.0. The maximum absolute atomic E-state index is 13.7. The molecule has 27 heavy (non-hydrogen) atoms. The number of azo groups is 1. The van der Waals surface area contributed by atoms with E-state index in [2.05, 4.69) is 37.2 Å². The molecule has 1 amide bonds. The number of hydrogen-bond acceptors (Lipinski definition) is 4. The first-order valence-corrected chi connectivity index (χ1v) is 9.29. The van der Waals surface area contributed by atoms with Crippen LogP contribution in [0.4, 0.5) is 15.8 Å². The molecule has 0 spiro atoms. The molecule has 1 aliphatic heterocycles. The van der Waals surface area contributed by atoms with Crippen LogP contribution in [0.5, 0.6) is 5.88 Å². The molecule has 0 saturated heterocycles. The molecule has 0 fully saturated rings. The number of halogens is 2. The Balaban J connectivity index is 1.57. The fourth-order valence-corrected chi connectivity index (χ4v) is 3.90. The molecule has 0 aliphatic carbocycles. The molecule has 1 aromatic heterocycles. The third-order valence-corrected chi connectivity index (χ3v) is 5.20.